The molecule has 1 atom stereocenters. The van der Waals surface area contributed by atoms with Gasteiger partial charge in [-0.1, -0.05) is 6.07 Å². The largest absolute Gasteiger partial charge is 0.349 e. The molecule has 3 aromatic rings. The van der Waals surface area contributed by atoms with Crippen molar-refractivity contribution in [2.75, 3.05) is 0 Å². The molecule has 4 heteroatoms. The molecule has 3 aromatic heterocycles. The van der Waals surface area contributed by atoms with Gasteiger partial charge in [0, 0.05) is 31.0 Å². The lowest BCUT2D eigenvalue weighted by Crippen LogP contribution is -2.09. The zero-order chi connectivity index (χ0) is 13.4. The van der Waals surface area contributed by atoms with Crippen molar-refractivity contribution >= 4 is 11.0 Å². The predicted molar refractivity (Wildman–Crippen MR) is 76.5 cm³/mol. The Balaban J connectivity index is 2.31. The van der Waals surface area contributed by atoms with E-state index in [9.17, 15) is 0 Å². The summed E-state index contributed by atoms with van der Waals surface area (Å²) in [5.41, 5.74) is 10.9. The minimum absolute atomic E-state index is 0.124. The number of hydrogen-bond acceptors (Lipinski definition) is 3. The van der Waals surface area contributed by atoms with E-state index in [1.807, 2.05) is 44.4 Å². The highest BCUT2D eigenvalue weighted by Crippen LogP contribution is 2.28. The number of nitrogens with two attached hydrogens (primary N) is 1. The van der Waals surface area contributed by atoms with Gasteiger partial charge in [-0.3, -0.25) is 4.98 Å². The minimum atomic E-state index is -0.124. The molecule has 0 spiro atoms. The Morgan fingerprint density at radius 2 is 2.11 bits per heavy atom. The smallest absolute Gasteiger partial charge is 0.0885 e. The van der Waals surface area contributed by atoms with E-state index in [2.05, 4.69) is 20.6 Å². The van der Waals surface area contributed by atoms with Gasteiger partial charge in [0.2, 0.25) is 0 Å². The van der Waals surface area contributed by atoms with E-state index >= 15 is 0 Å². The second-order valence-corrected chi connectivity index (χ2v) is 4.76. The fourth-order valence-corrected chi connectivity index (χ4v) is 2.27. The van der Waals surface area contributed by atoms with Crippen LogP contribution in [0, 0.1) is 0 Å². The van der Waals surface area contributed by atoms with Gasteiger partial charge in [0.1, 0.15) is 0 Å². The number of fused-ring (bicyclic) bond motifs is 1. The van der Waals surface area contributed by atoms with Crippen LogP contribution < -0.4 is 5.73 Å². The number of pyridine rings is 2. The topological polar surface area (TPSA) is 56.7 Å². The monoisotopic (exact) mass is 252 g/mol. The van der Waals surface area contributed by atoms with Crippen LogP contribution in [0.5, 0.6) is 0 Å². The summed E-state index contributed by atoms with van der Waals surface area (Å²) in [5.74, 6) is 0. The molecule has 0 saturated heterocycles. The van der Waals surface area contributed by atoms with Gasteiger partial charge in [-0.2, -0.15) is 0 Å². The summed E-state index contributed by atoms with van der Waals surface area (Å²) >= 11 is 0. The molecule has 0 unspecified atom stereocenters. The van der Waals surface area contributed by atoms with Crippen LogP contribution in [0.4, 0.5) is 0 Å². The van der Waals surface area contributed by atoms with Gasteiger partial charge in [0.25, 0.3) is 0 Å². The lowest BCUT2D eigenvalue weighted by atomic mass is 10.0. The van der Waals surface area contributed by atoms with Gasteiger partial charge in [-0.05, 0) is 31.2 Å². The van der Waals surface area contributed by atoms with Gasteiger partial charge >= 0.3 is 0 Å². The summed E-state index contributed by atoms with van der Waals surface area (Å²) in [6.45, 7) is 1.95. The first-order valence-corrected chi connectivity index (χ1v) is 6.30. The molecule has 0 saturated carbocycles. The maximum Gasteiger partial charge on any atom is 0.0885 e. The van der Waals surface area contributed by atoms with E-state index in [0.29, 0.717) is 0 Å². The summed E-state index contributed by atoms with van der Waals surface area (Å²) in [4.78, 5) is 9.09. The Kier molecular flexibility index (Phi) is 2.80. The van der Waals surface area contributed by atoms with Crippen LogP contribution in [0.15, 0.2) is 42.7 Å². The van der Waals surface area contributed by atoms with Crippen LogP contribution in [-0.4, -0.2) is 14.5 Å². The molecule has 0 radical (unpaired) electrons. The zero-order valence-electron chi connectivity index (χ0n) is 11.0. The highest BCUT2D eigenvalue weighted by atomic mass is 14.9. The molecule has 0 aliphatic carbocycles. The lowest BCUT2D eigenvalue weighted by molar-refractivity contribution is 0.788. The average molecular weight is 252 g/mol. The fraction of sp³-hybridized carbons (Fsp3) is 0.200. The molecule has 96 valence electrons. The number of rotatable bonds is 2. The van der Waals surface area contributed by atoms with Crippen LogP contribution in [0.1, 0.15) is 18.7 Å². The van der Waals surface area contributed by atoms with Crippen molar-refractivity contribution in [1.82, 2.24) is 14.5 Å². The summed E-state index contributed by atoms with van der Waals surface area (Å²) < 4.78 is 2.06. The van der Waals surface area contributed by atoms with Gasteiger partial charge in [0.05, 0.1) is 22.4 Å². The van der Waals surface area contributed by atoms with Crippen molar-refractivity contribution in [3.63, 3.8) is 0 Å². The van der Waals surface area contributed by atoms with E-state index in [1.165, 1.54) is 0 Å². The third-order valence-corrected chi connectivity index (χ3v) is 3.27. The zero-order valence-corrected chi connectivity index (χ0v) is 11.0. The van der Waals surface area contributed by atoms with Crippen LogP contribution in [0.3, 0.4) is 0 Å². The standard InChI is InChI=1S/C15H16N4/c1-10(16)15-11(12-5-3-4-7-17-12)9-14-13(18-15)6-8-19(14)2/h3-10H,16H2,1-2H3/t10-/m0/s1. The van der Waals surface area contributed by atoms with Crippen LogP contribution in [-0.2, 0) is 7.05 Å². The molecule has 0 bridgehead atoms. The molecule has 3 heterocycles. The van der Waals surface area contributed by atoms with Crippen molar-refractivity contribution in [2.24, 2.45) is 12.8 Å². The molecular weight excluding hydrogens is 236 g/mol. The highest BCUT2D eigenvalue weighted by Gasteiger charge is 2.14. The molecular formula is C15H16N4. The number of hydrogen-bond donors (Lipinski definition) is 1. The van der Waals surface area contributed by atoms with E-state index in [4.69, 9.17) is 5.73 Å². The third kappa shape index (κ3) is 2.00. The quantitative estimate of drug-likeness (QED) is 0.762. The molecule has 4 nitrogen and oxygen atoms in total. The Bertz CT molecular complexity index is 714. The molecule has 0 aliphatic heterocycles. The van der Waals surface area contributed by atoms with Crippen LogP contribution in [0.2, 0.25) is 0 Å². The Labute approximate surface area is 111 Å². The summed E-state index contributed by atoms with van der Waals surface area (Å²) in [7, 11) is 2.01. The van der Waals surface area contributed by atoms with E-state index < -0.39 is 0 Å². The first-order chi connectivity index (χ1) is 9.16. The third-order valence-electron chi connectivity index (χ3n) is 3.27. The Morgan fingerprint density at radius 3 is 2.79 bits per heavy atom. The maximum atomic E-state index is 6.05. The summed E-state index contributed by atoms with van der Waals surface area (Å²) in [5, 5.41) is 0. The number of nitrogens with zero attached hydrogens (tertiary/aromatic N) is 3. The molecule has 0 aliphatic rings. The van der Waals surface area contributed by atoms with Crippen molar-refractivity contribution < 1.29 is 0 Å². The normalized spacial score (nSPS) is 12.8. The average Bonchev–Trinajstić information content (AvgIpc) is 2.79. The Hall–Kier alpha value is -2.20. The molecule has 0 aromatic carbocycles. The molecule has 0 fully saturated rings. The minimum Gasteiger partial charge on any atom is -0.349 e. The molecule has 3 rings (SSSR count). The molecule has 19 heavy (non-hydrogen) atoms. The summed E-state index contributed by atoms with van der Waals surface area (Å²) in [6, 6.07) is 9.86. The first-order valence-electron chi connectivity index (χ1n) is 6.30. The van der Waals surface area contributed by atoms with Crippen molar-refractivity contribution in [1.29, 1.82) is 0 Å². The van der Waals surface area contributed by atoms with Gasteiger partial charge in [-0.25, -0.2) is 4.98 Å². The maximum absolute atomic E-state index is 6.05. The lowest BCUT2D eigenvalue weighted by Gasteiger charge is -2.12. The van der Waals surface area contributed by atoms with Crippen LogP contribution in [0.25, 0.3) is 22.3 Å². The fourth-order valence-electron chi connectivity index (χ4n) is 2.27. The summed E-state index contributed by atoms with van der Waals surface area (Å²) in [6.07, 6.45) is 3.79. The van der Waals surface area contributed by atoms with Crippen molar-refractivity contribution in [2.45, 2.75) is 13.0 Å². The van der Waals surface area contributed by atoms with E-state index in [-0.39, 0.29) is 6.04 Å². The Morgan fingerprint density at radius 1 is 1.26 bits per heavy atom. The van der Waals surface area contributed by atoms with Gasteiger partial charge < -0.3 is 10.3 Å². The number of aromatic nitrogens is 3. The second-order valence-electron chi connectivity index (χ2n) is 4.76. The van der Waals surface area contributed by atoms with Crippen molar-refractivity contribution in [3.8, 4) is 11.3 Å². The van der Waals surface area contributed by atoms with E-state index in [0.717, 1.165) is 28.0 Å². The van der Waals surface area contributed by atoms with Crippen molar-refractivity contribution in [3.05, 3.63) is 48.4 Å². The molecule has 2 N–H and O–H groups in total. The second kappa shape index (κ2) is 4.48. The first kappa shape index (κ1) is 11.9. The van der Waals surface area contributed by atoms with Gasteiger partial charge in [0.15, 0.2) is 0 Å². The predicted octanol–water partition coefficient (Wildman–Crippen LogP) is 2.66. The highest BCUT2D eigenvalue weighted by molar-refractivity contribution is 5.82. The SMILES string of the molecule is C[C@H](N)c1nc2ccn(C)c2cc1-c1ccccn1. The van der Waals surface area contributed by atoms with Gasteiger partial charge in [-0.15, -0.1) is 0 Å². The van der Waals surface area contributed by atoms with E-state index in [1.54, 1.807) is 6.20 Å². The number of aryl methyl sites for hydroxylation is 1. The van der Waals surface area contributed by atoms with Crippen LogP contribution >= 0.6 is 0 Å². The molecule has 0 amide bonds.